The summed E-state index contributed by atoms with van der Waals surface area (Å²) in [5, 5.41) is 0.602. The highest BCUT2D eigenvalue weighted by molar-refractivity contribution is 6.30. The van der Waals surface area contributed by atoms with Gasteiger partial charge in [0.2, 0.25) is 6.29 Å². The van der Waals surface area contributed by atoms with Crippen LogP contribution in [0.5, 0.6) is 0 Å². The second-order valence-electron chi connectivity index (χ2n) is 4.10. The average Bonchev–Trinajstić information content (AvgIpc) is 3.05. The fraction of sp³-hybridized carbons (Fsp3) is 0.462. The molecule has 92 valence electrons. The van der Waals surface area contributed by atoms with E-state index >= 15 is 0 Å². The van der Waals surface area contributed by atoms with Crippen molar-refractivity contribution in [1.29, 1.82) is 0 Å². The van der Waals surface area contributed by atoms with E-state index in [-0.39, 0.29) is 18.4 Å². The monoisotopic (exact) mass is 254 g/mol. The molecule has 2 atom stereocenters. The van der Waals surface area contributed by atoms with Crippen LogP contribution in [-0.4, -0.2) is 18.4 Å². The fourth-order valence-corrected chi connectivity index (χ4v) is 1.73. The van der Waals surface area contributed by atoms with Crippen molar-refractivity contribution in [2.24, 2.45) is 0 Å². The first kappa shape index (κ1) is 12.4. The maximum absolute atomic E-state index is 11.7. The van der Waals surface area contributed by atoms with Gasteiger partial charge in [-0.15, -0.1) is 0 Å². The molecule has 1 heterocycles. The summed E-state index contributed by atoms with van der Waals surface area (Å²) < 4.78 is 10.5. The molecule has 0 aliphatic carbocycles. The molecule has 1 aliphatic heterocycles. The number of epoxide rings is 1. The number of rotatable bonds is 5. The third kappa shape index (κ3) is 3.45. The number of hydrogen-bond donors (Lipinski definition) is 0. The van der Waals surface area contributed by atoms with Gasteiger partial charge >= 0.3 is 5.97 Å². The smallest absolute Gasteiger partial charge is 0.340 e. The number of hydrogen-bond acceptors (Lipinski definition) is 3. The van der Waals surface area contributed by atoms with Gasteiger partial charge in [0, 0.05) is 5.02 Å². The van der Waals surface area contributed by atoms with Crippen molar-refractivity contribution >= 4 is 17.6 Å². The predicted molar refractivity (Wildman–Crippen MR) is 65.1 cm³/mol. The van der Waals surface area contributed by atoms with Crippen LogP contribution in [0.25, 0.3) is 0 Å². The van der Waals surface area contributed by atoms with Crippen LogP contribution in [0, 0.1) is 0 Å². The topological polar surface area (TPSA) is 38.8 Å². The Morgan fingerprint density at radius 2 is 2.12 bits per heavy atom. The van der Waals surface area contributed by atoms with Gasteiger partial charge in [0.15, 0.2) is 0 Å². The van der Waals surface area contributed by atoms with Crippen LogP contribution < -0.4 is 0 Å². The standard InChI is InChI=1S/C13H15ClO3/c1-2-3-4-11-13(16-11)17-12(15)9-5-7-10(14)8-6-9/h5-8,11,13H,2-4H2,1H3/t11-,13+/m0/s1. The Hall–Kier alpha value is -1.06. The molecule has 1 fully saturated rings. The molecule has 1 saturated heterocycles. The van der Waals surface area contributed by atoms with Crippen molar-refractivity contribution in [2.75, 3.05) is 0 Å². The van der Waals surface area contributed by atoms with E-state index in [9.17, 15) is 4.79 Å². The number of ether oxygens (including phenoxy) is 2. The van der Waals surface area contributed by atoms with Gasteiger partial charge in [-0.3, -0.25) is 0 Å². The molecule has 0 radical (unpaired) electrons. The lowest BCUT2D eigenvalue weighted by Crippen LogP contribution is -2.09. The third-order valence-corrected chi connectivity index (χ3v) is 2.93. The first-order valence-electron chi connectivity index (χ1n) is 5.82. The lowest BCUT2D eigenvalue weighted by Gasteiger charge is -2.01. The highest BCUT2D eigenvalue weighted by Gasteiger charge is 2.41. The van der Waals surface area contributed by atoms with Crippen molar-refractivity contribution in [3.63, 3.8) is 0 Å². The van der Waals surface area contributed by atoms with Gasteiger partial charge in [0.1, 0.15) is 6.10 Å². The number of halogens is 1. The van der Waals surface area contributed by atoms with Crippen molar-refractivity contribution < 1.29 is 14.3 Å². The zero-order chi connectivity index (χ0) is 12.3. The zero-order valence-corrected chi connectivity index (χ0v) is 10.4. The maximum atomic E-state index is 11.7. The number of esters is 1. The molecule has 17 heavy (non-hydrogen) atoms. The van der Waals surface area contributed by atoms with E-state index in [2.05, 4.69) is 6.92 Å². The summed E-state index contributed by atoms with van der Waals surface area (Å²) in [5.74, 6) is -0.356. The number of carbonyl (C=O) groups is 1. The van der Waals surface area contributed by atoms with E-state index in [1.807, 2.05) is 0 Å². The Bertz CT molecular complexity index is 388. The minimum Gasteiger partial charge on any atom is -0.429 e. The molecule has 0 spiro atoms. The van der Waals surface area contributed by atoms with Crippen LogP contribution in [-0.2, 0) is 9.47 Å². The van der Waals surface area contributed by atoms with Crippen LogP contribution in [0.4, 0.5) is 0 Å². The molecule has 1 aliphatic rings. The van der Waals surface area contributed by atoms with Crippen LogP contribution >= 0.6 is 11.6 Å². The van der Waals surface area contributed by atoms with Crippen LogP contribution in [0.15, 0.2) is 24.3 Å². The van der Waals surface area contributed by atoms with E-state index in [0.717, 1.165) is 19.3 Å². The first-order chi connectivity index (χ1) is 8.20. The van der Waals surface area contributed by atoms with Gasteiger partial charge in [0.05, 0.1) is 5.56 Å². The molecule has 1 aromatic carbocycles. The average molecular weight is 255 g/mol. The molecule has 0 aromatic heterocycles. The van der Waals surface area contributed by atoms with E-state index in [1.165, 1.54) is 0 Å². The van der Waals surface area contributed by atoms with Crippen molar-refractivity contribution in [3.8, 4) is 0 Å². The Balaban J connectivity index is 1.81. The van der Waals surface area contributed by atoms with Gasteiger partial charge in [-0.25, -0.2) is 4.79 Å². The second kappa shape index (κ2) is 5.52. The molecule has 4 heteroatoms. The summed E-state index contributed by atoms with van der Waals surface area (Å²) in [6, 6.07) is 6.63. The summed E-state index contributed by atoms with van der Waals surface area (Å²) in [5.41, 5.74) is 0.499. The maximum Gasteiger partial charge on any atom is 0.340 e. The SMILES string of the molecule is CCCC[C@@H]1O[C@@H]1OC(=O)c1ccc(Cl)cc1. The minimum atomic E-state index is -0.357. The van der Waals surface area contributed by atoms with Gasteiger partial charge in [-0.1, -0.05) is 31.4 Å². The molecule has 0 unspecified atom stereocenters. The van der Waals surface area contributed by atoms with Crippen molar-refractivity contribution in [2.45, 2.75) is 38.6 Å². The quantitative estimate of drug-likeness (QED) is 0.597. The lowest BCUT2D eigenvalue weighted by molar-refractivity contribution is 0.0297. The van der Waals surface area contributed by atoms with Crippen molar-refractivity contribution in [1.82, 2.24) is 0 Å². The Morgan fingerprint density at radius 1 is 1.41 bits per heavy atom. The van der Waals surface area contributed by atoms with Gasteiger partial charge < -0.3 is 9.47 Å². The molecule has 0 saturated carbocycles. The lowest BCUT2D eigenvalue weighted by atomic mass is 10.2. The van der Waals surface area contributed by atoms with Gasteiger partial charge in [-0.05, 0) is 30.7 Å². The Kier molecular flexibility index (Phi) is 4.02. The number of carbonyl (C=O) groups excluding carboxylic acids is 1. The Morgan fingerprint density at radius 3 is 2.76 bits per heavy atom. The summed E-state index contributed by atoms with van der Waals surface area (Å²) in [4.78, 5) is 11.7. The van der Waals surface area contributed by atoms with Crippen LogP contribution in [0.3, 0.4) is 0 Å². The molecule has 0 bridgehead atoms. The Labute approximate surface area is 106 Å². The zero-order valence-electron chi connectivity index (χ0n) is 9.69. The van der Waals surface area contributed by atoms with E-state index in [1.54, 1.807) is 24.3 Å². The fourth-order valence-electron chi connectivity index (χ4n) is 1.60. The van der Waals surface area contributed by atoms with Crippen LogP contribution in [0.2, 0.25) is 5.02 Å². The number of unbranched alkanes of at least 4 members (excludes halogenated alkanes) is 1. The summed E-state index contributed by atoms with van der Waals surface area (Å²) in [6.07, 6.45) is 2.91. The molecule has 0 amide bonds. The van der Waals surface area contributed by atoms with E-state index in [0.29, 0.717) is 10.6 Å². The third-order valence-electron chi connectivity index (χ3n) is 2.68. The summed E-state index contributed by atoms with van der Waals surface area (Å²) in [7, 11) is 0. The number of benzene rings is 1. The molecule has 2 rings (SSSR count). The summed E-state index contributed by atoms with van der Waals surface area (Å²) >= 11 is 5.74. The molecule has 0 N–H and O–H groups in total. The molecular weight excluding hydrogens is 240 g/mol. The normalized spacial score (nSPS) is 22.2. The van der Waals surface area contributed by atoms with Crippen molar-refractivity contribution in [3.05, 3.63) is 34.9 Å². The van der Waals surface area contributed by atoms with Gasteiger partial charge in [0.25, 0.3) is 0 Å². The van der Waals surface area contributed by atoms with Gasteiger partial charge in [-0.2, -0.15) is 0 Å². The van der Waals surface area contributed by atoms with E-state index in [4.69, 9.17) is 21.1 Å². The second-order valence-corrected chi connectivity index (χ2v) is 4.53. The highest BCUT2D eigenvalue weighted by atomic mass is 35.5. The predicted octanol–water partition coefficient (Wildman–Crippen LogP) is 3.41. The highest BCUT2D eigenvalue weighted by Crippen LogP contribution is 2.29. The molecule has 3 nitrogen and oxygen atoms in total. The van der Waals surface area contributed by atoms with Crippen LogP contribution in [0.1, 0.15) is 36.5 Å². The minimum absolute atomic E-state index is 0.0891. The largest absolute Gasteiger partial charge is 0.429 e. The molecule has 1 aromatic rings. The first-order valence-corrected chi connectivity index (χ1v) is 6.20. The molecular formula is C13H15ClO3. The summed E-state index contributed by atoms with van der Waals surface area (Å²) in [6.45, 7) is 2.12. The van der Waals surface area contributed by atoms with E-state index < -0.39 is 0 Å².